The zero-order valence-corrected chi connectivity index (χ0v) is 11.8. The average Bonchev–Trinajstić information content (AvgIpc) is 2.38. The molecule has 1 aromatic carbocycles. The summed E-state index contributed by atoms with van der Waals surface area (Å²) in [7, 11) is 0. The standard InChI is InChI=1S/C15H22O4/c1-4-15(2,3)14(18)19-9-5-6-11-7-8-12(16)13(17)10-11/h7-8,10,16-17H,4-6,9H2,1-3H3. The van der Waals surface area contributed by atoms with Gasteiger partial charge in [-0.15, -0.1) is 0 Å². The van der Waals surface area contributed by atoms with Crippen molar-refractivity contribution in [2.24, 2.45) is 5.41 Å². The number of benzene rings is 1. The van der Waals surface area contributed by atoms with Crippen LogP contribution in [0.2, 0.25) is 0 Å². The quantitative estimate of drug-likeness (QED) is 0.472. The number of phenols is 2. The van der Waals surface area contributed by atoms with Gasteiger partial charge in [-0.05, 0) is 50.8 Å². The lowest BCUT2D eigenvalue weighted by molar-refractivity contribution is -0.154. The molecular formula is C15H22O4. The summed E-state index contributed by atoms with van der Waals surface area (Å²) < 4.78 is 5.22. The highest BCUT2D eigenvalue weighted by atomic mass is 16.5. The number of esters is 1. The predicted molar refractivity (Wildman–Crippen MR) is 73.1 cm³/mol. The number of rotatable bonds is 6. The van der Waals surface area contributed by atoms with Crippen molar-refractivity contribution in [3.63, 3.8) is 0 Å². The molecule has 0 aromatic heterocycles. The summed E-state index contributed by atoms with van der Waals surface area (Å²) in [6.07, 6.45) is 2.13. The fraction of sp³-hybridized carbons (Fsp3) is 0.533. The molecule has 1 aromatic rings. The van der Waals surface area contributed by atoms with E-state index in [9.17, 15) is 15.0 Å². The molecule has 0 spiro atoms. The lowest BCUT2D eigenvalue weighted by Crippen LogP contribution is -2.26. The minimum Gasteiger partial charge on any atom is -0.504 e. The number of ether oxygens (including phenoxy) is 1. The number of phenolic OH excluding ortho intramolecular Hbond substituents is 2. The lowest BCUT2D eigenvalue weighted by atomic mass is 9.91. The minimum atomic E-state index is -0.434. The van der Waals surface area contributed by atoms with Crippen LogP contribution in [-0.2, 0) is 16.0 Å². The molecule has 1 rings (SSSR count). The summed E-state index contributed by atoms with van der Waals surface area (Å²) in [6.45, 7) is 6.06. The molecule has 0 saturated heterocycles. The van der Waals surface area contributed by atoms with Gasteiger partial charge in [0, 0.05) is 0 Å². The number of carbonyl (C=O) groups excluding carboxylic acids is 1. The highest BCUT2D eigenvalue weighted by Crippen LogP contribution is 2.25. The van der Waals surface area contributed by atoms with Crippen molar-refractivity contribution in [2.75, 3.05) is 6.61 Å². The van der Waals surface area contributed by atoms with Gasteiger partial charge in [-0.1, -0.05) is 13.0 Å². The zero-order chi connectivity index (χ0) is 14.5. The topological polar surface area (TPSA) is 66.8 Å². The average molecular weight is 266 g/mol. The molecule has 106 valence electrons. The van der Waals surface area contributed by atoms with Crippen LogP contribution in [0.1, 0.15) is 39.2 Å². The molecule has 0 atom stereocenters. The maximum atomic E-state index is 11.7. The summed E-state index contributed by atoms with van der Waals surface area (Å²) in [5.74, 6) is -0.426. The molecule has 0 aliphatic rings. The number of aromatic hydroxyl groups is 2. The third-order valence-electron chi connectivity index (χ3n) is 3.32. The van der Waals surface area contributed by atoms with Gasteiger partial charge in [0.05, 0.1) is 12.0 Å². The van der Waals surface area contributed by atoms with E-state index in [2.05, 4.69) is 0 Å². The fourth-order valence-electron chi connectivity index (χ4n) is 1.51. The molecule has 0 fully saturated rings. The molecule has 0 bridgehead atoms. The second-order valence-corrected chi connectivity index (χ2v) is 5.30. The van der Waals surface area contributed by atoms with E-state index in [-0.39, 0.29) is 17.5 Å². The molecule has 2 N–H and O–H groups in total. The first kappa shape index (κ1) is 15.3. The van der Waals surface area contributed by atoms with Crippen LogP contribution in [0.3, 0.4) is 0 Å². The van der Waals surface area contributed by atoms with Crippen molar-refractivity contribution in [1.82, 2.24) is 0 Å². The summed E-state index contributed by atoms with van der Waals surface area (Å²) in [6, 6.07) is 4.72. The van der Waals surface area contributed by atoms with Crippen LogP contribution in [0.15, 0.2) is 18.2 Å². The maximum absolute atomic E-state index is 11.7. The van der Waals surface area contributed by atoms with E-state index >= 15 is 0 Å². The molecule has 0 aliphatic heterocycles. The molecule has 4 nitrogen and oxygen atoms in total. The largest absolute Gasteiger partial charge is 0.504 e. The fourth-order valence-corrected chi connectivity index (χ4v) is 1.51. The third-order valence-corrected chi connectivity index (χ3v) is 3.32. The Labute approximate surface area is 114 Å². The SMILES string of the molecule is CCC(C)(C)C(=O)OCCCc1ccc(O)c(O)c1. The van der Waals surface area contributed by atoms with E-state index in [0.29, 0.717) is 19.4 Å². The summed E-state index contributed by atoms with van der Waals surface area (Å²) in [5, 5.41) is 18.5. The van der Waals surface area contributed by atoms with Crippen molar-refractivity contribution < 1.29 is 19.7 Å². The first-order valence-corrected chi connectivity index (χ1v) is 6.55. The van der Waals surface area contributed by atoms with Gasteiger partial charge in [-0.2, -0.15) is 0 Å². The summed E-state index contributed by atoms with van der Waals surface area (Å²) in [4.78, 5) is 11.7. The van der Waals surface area contributed by atoms with Gasteiger partial charge in [0.25, 0.3) is 0 Å². The predicted octanol–water partition coefficient (Wildman–Crippen LogP) is 3.01. The Hall–Kier alpha value is -1.71. The molecule has 19 heavy (non-hydrogen) atoms. The highest BCUT2D eigenvalue weighted by molar-refractivity contribution is 5.75. The van der Waals surface area contributed by atoms with E-state index in [1.165, 1.54) is 12.1 Å². The maximum Gasteiger partial charge on any atom is 0.311 e. The molecule has 0 heterocycles. The second-order valence-electron chi connectivity index (χ2n) is 5.30. The first-order valence-electron chi connectivity index (χ1n) is 6.55. The van der Waals surface area contributed by atoms with Gasteiger partial charge in [0.1, 0.15) is 0 Å². The van der Waals surface area contributed by atoms with E-state index in [1.54, 1.807) is 6.07 Å². The molecule has 4 heteroatoms. The van der Waals surface area contributed by atoms with E-state index < -0.39 is 5.41 Å². The molecule has 0 amide bonds. The van der Waals surface area contributed by atoms with Crippen molar-refractivity contribution in [3.05, 3.63) is 23.8 Å². The van der Waals surface area contributed by atoms with E-state index in [0.717, 1.165) is 12.0 Å². The highest BCUT2D eigenvalue weighted by Gasteiger charge is 2.26. The Morgan fingerprint density at radius 2 is 1.95 bits per heavy atom. The van der Waals surface area contributed by atoms with Crippen LogP contribution in [0.5, 0.6) is 11.5 Å². The normalized spacial score (nSPS) is 11.3. The van der Waals surface area contributed by atoms with Crippen LogP contribution in [0, 0.1) is 5.41 Å². The third kappa shape index (κ3) is 4.47. The van der Waals surface area contributed by atoms with Crippen LogP contribution >= 0.6 is 0 Å². The summed E-state index contributed by atoms with van der Waals surface area (Å²) in [5.41, 5.74) is 0.470. The van der Waals surface area contributed by atoms with Crippen LogP contribution in [-0.4, -0.2) is 22.8 Å². The second kappa shape index (κ2) is 6.45. The van der Waals surface area contributed by atoms with Crippen molar-refractivity contribution in [3.8, 4) is 11.5 Å². The molecule has 0 unspecified atom stereocenters. The van der Waals surface area contributed by atoms with Crippen molar-refractivity contribution >= 4 is 5.97 Å². The number of carbonyl (C=O) groups is 1. The Balaban J connectivity index is 2.35. The Kier molecular flexibility index (Phi) is 5.21. The molecule has 0 aliphatic carbocycles. The van der Waals surface area contributed by atoms with Crippen LogP contribution in [0.25, 0.3) is 0 Å². The minimum absolute atomic E-state index is 0.124. The van der Waals surface area contributed by atoms with Gasteiger partial charge >= 0.3 is 5.97 Å². The molecule has 0 saturated carbocycles. The van der Waals surface area contributed by atoms with Crippen LogP contribution < -0.4 is 0 Å². The lowest BCUT2D eigenvalue weighted by Gasteiger charge is -2.20. The van der Waals surface area contributed by atoms with Gasteiger partial charge in [0.2, 0.25) is 0 Å². The Morgan fingerprint density at radius 1 is 1.26 bits per heavy atom. The monoisotopic (exact) mass is 266 g/mol. The van der Waals surface area contributed by atoms with Gasteiger partial charge < -0.3 is 14.9 Å². The molecule has 0 radical (unpaired) electrons. The zero-order valence-electron chi connectivity index (χ0n) is 11.8. The number of hydrogen-bond donors (Lipinski definition) is 2. The van der Waals surface area contributed by atoms with Gasteiger partial charge in [-0.25, -0.2) is 0 Å². The Morgan fingerprint density at radius 3 is 2.53 bits per heavy atom. The van der Waals surface area contributed by atoms with Gasteiger partial charge in [0.15, 0.2) is 11.5 Å². The van der Waals surface area contributed by atoms with E-state index in [4.69, 9.17) is 4.74 Å². The van der Waals surface area contributed by atoms with Crippen molar-refractivity contribution in [1.29, 1.82) is 0 Å². The number of aryl methyl sites for hydroxylation is 1. The van der Waals surface area contributed by atoms with Crippen LogP contribution in [0.4, 0.5) is 0 Å². The summed E-state index contributed by atoms with van der Waals surface area (Å²) >= 11 is 0. The first-order chi connectivity index (χ1) is 8.86. The number of hydrogen-bond acceptors (Lipinski definition) is 4. The van der Waals surface area contributed by atoms with Gasteiger partial charge in [-0.3, -0.25) is 4.79 Å². The smallest absolute Gasteiger partial charge is 0.311 e. The Bertz CT molecular complexity index is 438. The van der Waals surface area contributed by atoms with Crippen molar-refractivity contribution in [2.45, 2.75) is 40.0 Å². The molecular weight excluding hydrogens is 244 g/mol. The van der Waals surface area contributed by atoms with E-state index in [1.807, 2.05) is 20.8 Å².